The first-order valence-corrected chi connectivity index (χ1v) is 6.67. The average Bonchev–Trinajstić information content (AvgIpc) is 2.76. The molecule has 4 heteroatoms. The summed E-state index contributed by atoms with van der Waals surface area (Å²) in [4.78, 5) is 12.3. The second-order valence-electron chi connectivity index (χ2n) is 3.95. The lowest BCUT2D eigenvalue weighted by atomic mass is 9.92. The number of halogens is 1. The number of Topliss-reactive ketones (excluding diaryl/α,β-unsaturated/α-hetero) is 1. The fourth-order valence-corrected chi connectivity index (χ4v) is 2.78. The normalized spacial score (nSPS) is 11.8. The van der Waals surface area contributed by atoms with Crippen LogP contribution in [0, 0.1) is 18.3 Å². The zero-order valence-corrected chi connectivity index (χ0v) is 11.3. The van der Waals surface area contributed by atoms with Crippen LogP contribution in [-0.4, -0.2) is 5.78 Å². The number of benzene rings is 1. The van der Waals surface area contributed by atoms with Crippen molar-refractivity contribution < 1.29 is 4.79 Å². The number of hydrogen-bond acceptors (Lipinski definition) is 3. The van der Waals surface area contributed by atoms with E-state index >= 15 is 0 Å². The number of hydrogen-bond donors (Lipinski definition) is 0. The van der Waals surface area contributed by atoms with Crippen molar-refractivity contribution >= 4 is 28.7 Å². The van der Waals surface area contributed by atoms with Gasteiger partial charge in [0, 0.05) is 16.0 Å². The molecule has 1 aromatic heterocycles. The number of thiophene rings is 1. The van der Waals surface area contributed by atoms with E-state index in [0.717, 1.165) is 5.56 Å². The van der Waals surface area contributed by atoms with Gasteiger partial charge in [-0.3, -0.25) is 4.79 Å². The quantitative estimate of drug-likeness (QED) is 0.788. The van der Waals surface area contributed by atoms with Crippen molar-refractivity contribution in [3.63, 3.8) is 0 Å². The molecule has 1 unspecified atom stereocenters. The van der Waals surface area contributed by atoms with Crippen molar-refractivity contribution in [2.75, 3.05) is 0 Å². The highest BCUT2D eigenvalue weighted by molar-refractivity contribution is 7.08. The largest absolute Gasteiger partial charge is 0.292 e. The van der Waals surface area contributed by atoms with E-state index in [1.165, 1.54) is 11.3 Å². The second-order valence-corrected chi connectivity index (χ2v) is 5.13. The summed E-state index contributed by atoms with van der Waals surface area (Å²) in [5, 5.41) is 13.4. The molecule has 1 aromatic carbocycles. The molecule has 0 spiro atoms. The Kier molecular flexibility index (Phi) is 3.81. The highest BCUT2D eigenvalue weighted by atomic mass is 35.5. The minimum atomic E-state index is -0.794. The van der Waals surface area contributed by atoms with E-state index in [-0.39, 0.29) is 5.78 Å². The second kappa shape index (κ2) is 5.34. The topological polar surface area (TPSA) is 40.9 Å². The van der Waals surface area contributed by atoms with Crippen LogP contribution in [0.4, 0.5) is 0 Å². The Morgan fingerprint density at radius 1 is 1.44 bits per heavy atom. The molecule has 2 aromatic rings. The molecule has 18 heavy (non-hydrogen) atoms. The molecule has 0 aliphatic carbocycles. The van der Waals surface area contributed by atoms with E-state index in [1.807, 2.05) is 12.3 Å². The Morgan fingerprint density at radius 2 is 2.22 bits per heavy atom. The summed E-state index contributed by atoms with van der Waals surface area (Å²) in [6.45, 7) is 1.87. The molecule has 1 heterocycles. The van der Waals surface area contributed by atoms with Crippen molar-refractivity contribution in [1.29, 1.82) is 5.26 Å². The van der Waals surface area contributed by atoms with Crippen molar-refractivity contribution in [2.24, 2.45) is 0 Å². The fraction of sp³-hybridized carbons (Fsp3) is 0.143. The lowest BCUT2D eigenvalue weighted by molar-refractivity contribution is 0.0979. The smallest absolute Gasteiger partial charge is 0.185 e. The van der Waals surface area contributed by atoms with E-state index < -0.39 is 5.92 Å². The van der Waals surface area contributed by atoms with Crippen LogP contribution in [0.3, 0.4) is 0 Å². The number of carbonyl (C=O) groups is 1. The summed E-state index contributed by atoms with van der Waals surface area (Å²) in [5.41, 5.74) is 2.17. The number of carbonyl (C=O) groups excluding carboxylic acids is 1. The van der Waals surface area contributed by atoms with Gasteiger partial charge in [-0.15, -0.1) is 0 Å². The van der Waals surface area contributed by atoms with E-state index in [9.17, 15) is 10.1 Å². The molecule has 0 amide bonds. The van der Waals surface area contributed by atoms with Gasteiger partial charge in [0.1, 0.15) is 5.92 Å². The predicted molar refractivity (Wildman–Crippen MR) is 73.2 cm³/mol. The van der Waals surface area contributed by atoms with Crippen LogP contribution < -0.4 is 0 Å². The van der Waals surface area contributed by atoms with E-state index in [2.05, 4.69) is 6.07 Å². The number of aryl methyl sites for hydroxylation is 1. The summed E-state index contributed by atoms with van der Waals surface area (Å²) < 4.78 is 0. The molecule has 0 N–H and O–H groups in total. The van der Waals surface area contributed by atoms with Crippen LogP contribution in [0.1, 0.15) is 27.4 Å². The Hall–Kier alpha value is -1.63. The maximum atomic E-state index is 12.3. The van der Waals surface area contributed by atoms with Crippen LogP contribution in [0.15, 0.2) is 35.0 Å². The third kappa shape index (κ3) is 2.45. The molecule has 2 rings (SSSR count). The standard InChI is InChI=1S/C14H10ClNOS/c1-9-7-18-8-13(9)14(17)12(6-16)10-3-2-4-11(15)5-10/h2-5,7-8,12H,1H3. The first-order valence-electron chi connectivity index (χ1n) is 5.35. The van der Waals surface area contributed by atoms with E-state index in [0.29, 0.717) is 16.1 Å². The van der Waals surface area contributed by atoms with Crippen molar-refractivity contribution in [3.8, 4) is 6.07 Å². The van der Waals surface area contributed by atoms with Crippen LogP contribution in [0.2, 0.25) is 5.02 Å². The molecule has 1 atom stereocenters. The Bertz CT molecular complexity index is 627. The Balaban J connectivity index is 2.39. The van der Waals surface area contributed by atoms with Crippen LogP contribution in [0.25, 0.3) is 0 Å². The van der Waals surface area contributed by atoms with Gasteiger partial charge in [0.15, 0.2) is 5.78 Å². The zero-order valence-electron chi connectivity index (χ0n) is 9.68. The van der Waals surface area contributed by atoms with Crippen molar-refractivity contribution in [1.82, 2.24) is 0 Å². The molecule has 90 valence electrons. The maximum absolute atomic E-state index is 12.3. The van der Waals surface area contributed by atoms with Gasteiger partial charge in [-0.25, -0.2) is 0 Å². The van der Waals surface area contributed by atoms with E-state index in [4.69, 9.17) is 11.6 Å². The third-order valence-corrected chi connectivity index (χ3v) is 3.79. The molecule has 0 saturated heterocycles. The molecule has 2 nitrogen and oxygen atoms in total. The number of nitriles is 1. The fourth-order valence-electron chi connectivity index (χ4n) is 1.74. The van der Waals surface area contributed by atoms with Gasteiger partial charge in [-0.1, -0.05) is 23.7 Å². The van der Waals surface area contributed by atoms with Gasteiger partial charge in [-0.05, 0) is 35.6 Å². The molecule has 0 bridgehead atoms. The molecule has 0 aliphatic rings. The first-order chi connectivity index (χ1) is 8.63. The Labute approximate surface area is 114 Å². The molecular formula is C14H10ClNOS. The minimum Gasteiger partial charge on any atom is -0.292 e. The van der Waals surface area contributed by atoms with E-state index in [1.54, 1.807) is 29.6 Å². The van der Waals surface area contributed by atoms with Gasteiger partial charge in [0.2, 0.25) is 0 Å². The maximum Gasteiger partial charge on any atom is 0.185 e. The van der Waals surface area contributed by atoms with Gasteiger partial charge >= 0.3 is 0 Å². The molecule has 0 aliphatic heterocycles. The van der Waals surface area contributed by atoms with Gasteiger partial charge in [-0.2, -0.15) is 16.6 Å². The molecular weight excluding hydrogens is 266 g/mol. The summed E-state index contributed by atoms with van der Waals surface area (Å²) in [6, 6.07) is 8.94. The van der Waals surface area contributed by atoms with Crippen LogP contribution in [0.5, 0.6) is 0 Å². The minimum absolute atomic E-state index is 0.168. The van der Waals surface area contributed by atoms with Crippen molar-refractivity contribution in [2.45, 2.75) is 12.8 Å². The SMILES string of the molecule is Cc1cscc1C(=O)C(C#N)c1cccc(Cl)c1. The van der Waals surface area contributed by atoms with Crippen LogP contribution in [-0.2, 0) is 0 Å². The van der Waals surface area contributed by atoms with Crippen LogP contribution >= 0.6 is 22.9 Å². The number of rotatable bonds is 3. The highest BCUT2D eigenvalue weighted by Gasteiger charge is 2.23. The molecule has 0 fully saturated rings. The zero-order chi connectivity index (χ0) is 13.1. The summed E-state index contributed by atoms with van der Waals surface area (Å²) in [7, 11) is 0. The summed E-state index contributed by atoms with van der Waals surface area (Å²) >= 11 is 7.35. The average molecular weight is 276 g/mol. The summed E-state index contributed by atoms with van der Waals surface area (Å²) in [5.74, 6) is -0.962. The third-order valence-electron chi connectivity index (χ3n) is 2.69. The van der Waals surface area contributed by atoms with Crippen molar-refractivity contribution in [3.05, 3.63) is 56.7 Å². The van der Waals surface area contributed by atoms with Gasteiger partial charge < -0.3 is 0 Å². The Morgan fingerprint density at radius 3 is 2.78 bits per heavy atom. The highest BCUT2D eigenvalue weighted by Crippen LogP contribution is 2.25. The van der Waals surface area contributed by atoms with Gasteiger partial charge in [0.25, 0.3) is 0 Å². The predicted octanol–water partition coefficient (Wildman–Crippen LogP) is 4.20. The monoisotopic (exact) mass is 275 g/mol. The summed E-state index contributed by atoms with van der Waals surface area (Å²) in [6.07, 6.45) is 0. The van der Waals surface area contributed by atoms with Gasteiger partial charge in [0.05, 0.1) is 6.07 Å². The lowest BCUT2D eigenvalue weighted by Gasteiger charge is -2.08. The first kappa shape index (κ1) is 12.8. The molecule has 0 saturated carbocycles. The lowest BCUT2D eigenvalue weighted by Crippen LogP contribution is -2.11. The number of ketones is 1. The molecule has 0 radical (unpaired) electrons. The number of nitrogens with zero attached hydrogens (tertiary/aromatic N) is 1.